The standard InChI is InChI=1S/C18H18ClN5O2/c1-3-9-24-16(25)14-15(21(2)18(24)26)20-17-22(10-4-11-23(14)17)13-7-5-12(19)6-8-13/h3,5-8H,1,4,9-11H2,2H3. The van der Waals surface area contributed by atoms with Gasteiger partial charge in [-0.15, -0.1) is 6.58 Å². The molecule has 2 aromatic heterocycles. The summed E-state index contributed by atoms with van der Waals surface area (Å²) in [6, 6.07) is 7.50. The second kappa shape index (κ2) is 6.17. The summed E-state index contributed by atoms with van der Waals surface area (Å²) in [5, 5.41) is 0.661. The summed E-state index contributed by atoms with van der Waals surface area (Å²) in [6.45, 7) is 5.26. The minimum absolute atomic E-state index is 0.170. The lowest BCUT2D eigenvalue weighted by Gasteiger charge is -2.29. The highest BCUT2D eigenvalue weighted by molar-refractivity contribution is 6.30. The fourth-order valence-electron chi connectivity index (χ4n) is 3.42. The van der Waals surface area contributed by atoms with Gasteiger partial charge < -0.3 is 9.47 Å². The lowest BCUT2D eigenvalue weighted by Crippen LogP contribution is -2.39. The first-order valence-corrected chi connectivity index (χ1v) is 8.75. The molecule has 0 radical (unpaired) electrons. The zero-order valence-corrected chi connectivity index (χ0v) is 15.1. The molecule has 26 heavy (non-hydrogen) atoms. The predicted molar refractivity (Wildman–Crippen MR) is 103 cm³/mol. The lowest BCUT2D eigenvalue weighted by atomic mass is 10.2. The normalized spacial score (nSPS) is 13.8. The van der Waals surface area contributed by atoms with Crippen molar-refractivity contribution in [3.8, 4) is 0 Å². The minimum Gasteiger partial charge on any atom is -0.312 e. The summed E-state index contributed by atoms with van der Waals surface area (Å²) < 4.78 is 4.51. The molecule has 0 fully saturated rings. The van der Waals surface area contributed by atoms with Crippen molar-refractivity contribution in [2.45, 2.75) is 19.5 Å². The van der Waals surface area contributed by atoms with Gasteiger partial charge in [0.25, 0.3) is 5.56 Å². The Bertz CT molecular complexity index is 1120. The molecule has 1 aromatic carbocycles. The van der Waals surface area contributed by atoms with Gasteiger partial charge in [0, 0.05) is 37.4 Å². The lowest BCUT2D eigenvalue weighted by molar-refractivity contribution is 0.598. The number of anilines is 2. The Morgan fingerprint density at radius 2 is 1.96 bits per heavy atom. The van der Waals surface area contributed by atoms with Crippen molar-refractivity contribution in [3.05, 3.63) is 62.8 Å². The molecule has 0 atom stereocenters. The molecule has 0 aliphatic carbocycles. The third kappa shape index (κ3) is 2.39. The molecule has 7 nitrogen and oxygen atoms in total. The third-order valence-corrected chi connectivity index (χ3v) is 4.92. The summed E-state index contributed by atoms with van der Waals surface area (Å²) >= 11 is 5.99. The first kappa shape index (κ1) is 16.7. The van der Waals surface area contributed by atoms with E-state index in [0.717, 1.165) is 18.7 Å². The molecule has 0 N–H and O–H groups in total. The molecule has 1 aliphatic heterocycles. The van der Waals surface area contributed by atoms with Crippen LogP contribution in [0.1, 0.15) is 6.42 Å². The van der Waals surface area contributed by atoms with Gasteiger partial charge in [-0.2, -0.15) is 4.98 Å². The van der Waals surface area contributed by atoms with Crippen molar-refractivity contribution in [2.24, 2.45) is 7.05 Å². The zero-order chi connectivity index (χ0) is 18.4. The van der Waals surface area contributed by atoms with Gasteiger partial charge in [0.2, 0.25) is 5.95 Å². The second-order valence-corrected chi connectivity index (χ2v) is 6.70. The van der Waals surface area contributed by atoms with E-state index in [1.165, 1.54) is 9.13 Å². The number of fused-ring (bicyclic) bond motifs is 3. The van der Waals surface area contributed by atoms with E-state index >= 15 is 0 Å². The molecule has 3 heterocycles. The highest BCUT2D eigenvalue weighted by Gasteiger charge is 2.26. The van der Waals surface area contributed by atoms with Crippen LogP contribution in [0.15, 0.2) is 46.5 Å². The Labute approximate surface area is 154 Å². The van der Waals surface area contributed by atoms with E-state index in [1.807, 2.05) is 33.7 Å². The van der Waals surface area contributed by atoms with Gasteiger partial charge in [-0.1, -0.05) is 17.7 Å². The number of aryl methyl sites for hydroxylation is 2. The molecule has 3 aromatic rings. The van der Waals surface area contributed by atoms with Crippen LogP contribution in [0, 0.1) is 0 Å². The molecule has 0 amide bonds. The van der Waals surface area contributed by atoms with Crippen molar-refractivity contribution >= 4 is 34.4 Å². The third-order valence-electron chi connectivity index (χ3n) is 4.67. The highest BCUT2D eigenvalue weighted by Crippen LogP contribution is 2.31. The molecular weight excluding hydrogens is 354 g/mol. The van der Waals surface area contributed by atoms with Crippen LogP contribution >= 0.6 is 11.6 Å². The van der Waals surface area contributed by atoms with Crippen LogP contribution in [0.3, 0.4) is 0 Å². The number of nitrogens with zero attached hydrogens (tertiary/aromatic N) is 5. The number of imidazole rings is 1. The zero-order valence-electron chi connectivity index (χ0n) is 14.4. The van der Waals surface area contributed by atoms with E-state index in [4.69, 9.17) is 11.6 Å². The minimum atomic E-state index is -0.393. The van der Waals surface area contributed by atoms with Gasteiger partial charge in [0.15, 0.2) is 11.2 Å². The maximum absolute atomic E-state index is 12.9. The molecule has 0 saturated carbocycles. The van der Waals surface area contributed by atoms with Crippen LogP contribution in [0.2, 0.25) is 5.02 Å². The largest absolute Gasteiger partial charge is 0.332 e. The van der Waals surface area contributed by atoms with Crippen LogP contribution < -0.4 is 16.1 Å². The van der Waals surface area contributed by atoms with Crippen molar-refractivity contribution in [2.75, 3.05) is 11.4 Å². The fourth-order valence-corrected chi connectivity index (χ4v) is 3.55. The Hall–Kier alpha value is -2.80. The van der Waals surface area contributed by atoms with Crippen LogP contribution in [-0.4, -0.2) is 25.2 Å². The van der Waals surface area contributed by atoms with E-state index in [2.05, 4.69) is 11.6 Å². The molecule has 4 rings (SSSR count). The summed E-state index contributed by atoms with van der Waals surface area (Å²) in [6.07, 6.45) is 2.41. The smallest absolute Gasteiger partial charge is 0.312 e. The predicted octanol–water partition coefficient (Wildman–Crippen LogP) is 2.28. The van der Waals surface area contributed by atoms with Crippen molar-refractivity contribution in [1.82, 2.24) is 18.7 Å². The molecule has 1 aliphatic rings. The second-order valence-electron chi connectivity index (χ2n) is 6.26. The van der Waals surface area contributed by atoms with Crippen molar-refractivity contribution in [1.29, 1.82) is 0 Å². The molecule has 0 unspecified atom stereocenters. The quantitative estimate of drug-likeness (QED) is 0.662. The van der Waals surface area contributed by atoms with Crippen molar-refractivity contribution < 1.29 is 0 Å². The van der Waals surface area contributed by atoms with E-state index in [0.29, 0.717) is 28.7 Å². The molecular formula is C18H18ClN5O2. The Morgan fingerprint density at radius 1 is 1.23 bits per heavy atom. The van der Waals surface area contributed by atoms with E-state index < -0.39 is 5.69 Å². The number of benzene rings is 1. The number of allylic oxidation sites excluding steroid dienone is 1. The summed E-state index contributed by atoms with van der Waals surface area (Å²) in [4.78, 5) is 32.1. The van der Waals surface area contributed by atoms with Gasteiger partial charge in [-0.3, -0.25) is 13.9 Å². The van der Waals surface area contributed by atoms with Gasteiger partial charge in [-0.05, 0) is 30.7 Å². The SMILES string of the molecule is C=CCn1c(=O)c2c(nc3n2CCCN3c2ccc(Cl)cc2)n(C)c1=O. The van der Waals surface area contributed by atoms with Gasteiger partial charge in [0.05, 0.1) is 0 Å². The summed E-state index contributed by atoms with van der Waals surface area (Å²) in [7, 11) is 1.63. The number of hydrogen-bond acceptors (Lipinski definition) is 4. The van der Waals surface area contributed by atoms with E-state index in [9.17, 15) is 9.59 Å². The number of hydrogen-bond donors (Lipinski definition) is 0. The van der Waals surface area contributed by atoms with Gasteiger partial charge >= 0.3 is 5.69 Å². The van der Waals surface area contributed by atoms with Crippen LogP contribution in [0.5, 0.6) is 0 Å². The molecule has 0 spiro atoms. The molecule has 134 valence electrons. The fraction of sp³-hybridized carbons (Fsp3) is 0.278. The van der Waals surface area contributed by atoms with Crippen molar-refractivity contribution in [3.63, 3.8) is 0 Å². The Balaban J connectivity index is 1.99. The summed E-state index contributed by atoms with van der Waals surface area (Å²) in [5.74, 6) is 0.664. The monoisotopic (exact) mass is 371 g/mol. The first-order chi connectivity index (χ1) is 12.5. The molecule has 0 saturated heterocycles. The Kier molecular flexibility index (Phi) is 3.96. The first-order valence-electron chi connectivity index (χ1n) is 8.37. The molecule has 0 bridgehead atoms. The van der Waals surface area contributed by atoms with Crippen LogP contribution in [0.25, 0.3) is 11.2 Å². The van der Waals surface area contributed by atoms with Gasteiger partial charge in [-0.25, -0.2) is 4.79 Å². The number of rotatable bonds is 3. The maximum atomic E-state index is 12.9. The van der Waals surface area contributed by atoms with E-state index in [1.54, 1.807) is 13.1 Å². The topological polar surface area (TPSA) is 65.1 Å². The summed E-state index contributed by atoms with van der Waals surface area (Å²) in [5.41, 5.74) is 1.07. The van der Waals surface area contributed by atoms with E-state index in [-0.39, 0.29) is 12.1 Å². The van der Waals surface area contributed by atoms with Crippen LogP contribution in [0.4, 0.5) is 11.6 Å². The average molecular weight is 372 g/mol. The number of halogens is 1. The van der Waals surface area contributed by atoms with Crippen LogP contribution in [-0.2, 0) is 20.1 Å². The number of aromatic nitrogens is 4. The maximum Gasteiger partial charge on any atom is 0.332 e. The average Bonchev–Trinajstić information content (AvgIpc) is 3.04. The highest BCUT2D eigenvalue weighted by atomic mass is 35.5. The molecule has 8 heteroatoms. The Morgan fingerprint density at radius 3 is 2.65 bits per heavy atom. The van der Waals surface area contributed by atoms with Gasteiger partial charge in [0.1, 0.15) is 0 Å².